The van der Waals surface area contributed by atoms with Crippen LogP contribution >= 0.6 is 0 Å². The zero-order chi connectivity index (χ0) is 23.9. The van der Waals surface area contributed by atoms with Gasteiger partial charge >= 0.3 is 0 Å². The first-order chi connectivity index (χ1) is 15.0. The number of hydrogen-bond donors (Lipinski definition) is 3. The summed E-state index contributed by atoms with van der Waals surface area (Å²) in [5.41, 5.74) is 0.492. The number of benzene rings is 2. The lowest BCUT2D eigenvalue weighted by Crippen LogP contribution is -2.25. The van der Waals surface area contributed by atoms with Gasteiger partial charge in [-0.15, -0.1) is 0 Å². The highest BCUT2D eigenvalue weighted by atomic mass is 32.2. The van der Waals surface area contributed by atoms with E-state index in [1.165, 1.54) is 37.3 Å². The molecule has 2 aromatic rings. The molecule has 0 unspecified atom stereocenters. The highest BCUT2D eigenvalue weighted by Gasteiger charge is 2.18. The molecule has 0 heterocycles. The lowest BCUT2D eigenvalue weighted by atomic mass is 10.1. The molecule has 0 saturated heterocycles. The zero-order valence-electron chi connectivity index (χ0n) is 18.0. The van der Waals surface area contributed by atoms with Gasteiger partial charge in [0.1, 0.15) is 11.5 Å². The molecule has 2 aromatic carbocycles. The van der Waals surface area contributed by atoms with Crippen LogP contribution < -0.4 is 15.4 Å². The van der Waals surface area contributed by atoms with Crippen molar-refractivity contribution in [3.8, 4) is 0 Å². The minimum atomic E-state index is -3.86. The standard InChI is InChI=1S/C22H26F3N3O3S/c1-4-5-10-26-20-13-17(23)8-6-15(20)7-9-21(29)27-14(2)16-11-18(24)22(19(25)12-16)28-32(3,30)31/h6-9,11-14,26,28H,4-5,10H2,1-3H3,(H,27,29)/t14-/m1/s1. The number of hydrogen-bond acceptors (Lipinski definition) is 4. The largest absolute Gasteiger partial charge is 0.384 e. The van der Waals surface area contributed by atoms with Gasteiger partial charge in [-0.3, -0.25) is 9.52 Å². The average molecular weight is 470 g/mol. The Morgan fingerprint density at radius 1 is 1.12 bits per heavy atom. The minimum Gasteiger partial charge on any atom is -0.384 e. The first-order valence-corrected chi connectivity index (χ1v) is 11.9. The van der Waals surface area contributed by atoms with Crippen molar-refractivity contribution in [3.63, 3.8) is 0 Å². The van der Waals surface area contributed by atoms with E-state index in [9.17, 15) is 26.4 Å². The van der Waals surface area contributed by atoms with Crippen LogP contribution in [0.2, 0.25) is 0 Å². The molecule has 1 atom stereocenters. The van der Waals surface area contributed by atoms with Gasteiger partial charge in [-0.05, 0) is 60.9 Å². The van der Waals surface area contributed by atoms with Crippen LogP contribution in [-0.4, -0.2) is 27.1 Å². The monoisotopic (exact) mass is 469 g/mol. The summed E-state index contributed by atoms with van der Waals surface area (Å²) >= 11 is 0. The van der Waals surface area contributed by atoms with E-state index in [-0.39, 0.29) is 5.56 Å². The second-order valence-corrected chi connectivity index (χ2v) is 9.06. The Labute approximate surface area is 186 Å². The van der Waals surface area contributed by atoms with Crippen molar-refractivity contribution in [2.75, 3.05) is 22.8 Å². The predicted molar refractivity (Wildman–Crippen MR) is 120 cm³/mol. The lowest BCUT2D eigenvalue weighted by Gasteiger charge is -2.15. The Kier molecular flexibility index (Phi) is 8.71. The Balaban J connectivity index is 2.11. The van der Waals surface area contributed by atoms with E-state index in [2.05, 4.69) is 10.6 Å². The smallest absolute Gasteiger partial charge is 0.244 e. The summed E-state index contributed by atoms with van der Waals surface area (Å²) in [6, 6.07) is 5.28. The Hall–Kier alpha value is -3.01. The number of amides is 1. The van der Waals surface area contributed by atoms with Crippen molar-refractivity contribution in [1.29, 1.82) is 0 Å². The summed E-state index contributed by atoms with van der Waals surface area (Å²) in [5.74, 6) is -3.13. The molecule has 32 heavy (non-hydrogen) atoms. The molecule has 0 aliphatic heterocycles. The SMILES string of the molecule is CCCCNc1cc(F)ccc1C=CC(=O)N[C@H](C)c1cc(F)c(NS(C)(=O)=O)c(F)c1. The first kappa shape index (κ1) is 25.3. The number of sulfonamides is 1. The summed E-state index contributed by atoms with van der Waals surface area (Å²) in [5, 5.41) is 5.70. The van der Waals surface area contributed by atoms with E-state index < -0.39 is 45.1 Å². The van der Waals surface area contributed by atoms with E-state index in [4.69, 9.17) is 0 Å². The predicted octanol–water partition coefficient (Wildman–Crippen LogP) is 4.58. The third-order valence-corrected chi connectivity index (χ3v) is 5.06. The molecule has 2 rings (SSSR count). The highest BCUT2D eigenvalue weighted by molar-refractivity contribution is 7.92. The maximum absolute atomic E-state index is 14.2. The lowest BCUT2D eigenvalue weighted by molar-refractivity contribution is -0.117. The molecule has 0 fully saturated rings. The fourth-order valence-corrected chi connectivity index (χ4v) is 3.43. The van der Waals surface area contributed by atoms with Crippen molar-refractivity contribution in [1.82, 2.24) is 5.32 Å². The van der Waals surface area contributed by atoms with Gasteiger partial charge in [-0.25, -0.2) is 21.6 Å². The Bertz CT molecular complexity index is 1080. The number of rotatable bonds is 10. The first-order valence-electron chi connectivity index (χ1n) is 9.99. The zero-order valence-corrected chi connectivity index (χ0v) is 18.8. The van der Waals surface area contributed by atoms with Crippen molar-refractivity contribution < 1.29 is 26.4 Å². The van der Waals surface area contributed by atoms with Crippen molar-refractivity contribution in [3.05, 3.63) is 65.0 Å². The quantitative estimate of drug-likeness (QED) is 0.351. The van der Waals surface area contributed by atoms with Crippen LogP contribution in [0.3, 0.4) is 0 Å². The summed E-state index contributed by atoms with van der Waals surface area (Å²) in [6.07, 6.45) is 5.40. The number of halogens is 3. The number of anilines is 2. The van der Waals surface area contributed by atoms with E-state index in [0.717, 1.165) is 31.2 Å². The van der Waals surface area contributed by atoms with Gasteiger partial charge in [-0.1, -0.05) is 13.3 Å². The molecule has 3 N–H and O–H groups in total. The van der Waals surface area contributed by atoms with E-state index in [1.807, 2.05) is 6.92 Å². The van der Waals surface area contributed by atoms with Crippen molar-refractivity contribution >= 4 is 33.4 Å². The number of carbonyl (C=O) groups excluding carboxylic acids is 1. The third kappa shape index (κ3) is 7.60. The van der Waals surface area contributed by atoms with Crippen molar-refractivity contribution in [2.24, 2.45) is 0 Å². The van der Waals surface area contributed by atoms with Crippen LogP contribution in [-0.2, 0) is 14.8 Å². The molecular weight excluding hydrogens is 443 g/mol. The van der Waals surface area contributed by atoms with Crippen LogP contribution in [0.15, 0.2) is 36.4 Å². The maximum Gasteiger partial charge on any atom is 0.244 e. The number of carbonyl (C=O) groups is 1. The van der Waals surface area contributed by atoms with Gasteiger partial charge in [0.25, 0.3) is 0 Å². The second-order valence-electron chi connectivity index (χ2n) is 7.31. The molecule has 10 heteroatoms. The summed E-state index contributed by atoms with van der Waals surface area (Å²) in [7, 11) is -3.86. The second kappa shape index (κ2) is 11.0. The summed E-state index contributed by atoms with van der Waals surface area (Å²) in [4.78, 5) is 12.3. The van der Waals surface area contributed by atoms with Gasteiger partial charge in [-0.2, -0.15) is 0 Å². The van der Waals surface area contributed by atoms with E-state index in [1.54, 1.807) is 4.72 Å². The van der Waals surface area contributed by atoms with Crippen LogP contribution in [0.4, 0.5) is 24.5 Å². The highest BCUT2D eigenvalue weighted by Crippen LogP contribution is 2.25. The molecule has 0 aliphatic rings. The van der Waals surface area contributed by atoms with E-state index >= 15 is 0 Å². The number of nitrogens with one attached hydrogen (secondary N) is 3. The van der Waals surface area contributed by atoms with Gasteiger partial charge in [0.2, 0.25) is 15.9 Å². The fraction of sp³-hybridized carbons (Fsp3) is 0.318. The normalized spacial score (nSPS) is 12.6. The molecular formula is C22H26F3N3O3S. The molecule has 0 bridgehead atoms. The molecule has 0 aromatic heterocycles. The number of unbranched alkanes of at least 4 members (excludes halogenated alkanes) is 1. The topological polar surface area (TPSA) is 87.3 Å². The third-order valence-electron chi connectivity index (χ3n) is 4.49. The maximum atomic E-state index is 14.2. The Morgan fingerprint density at radius 2 is 1.78 bits per heavy atom. The van der Waals surface area contributed by atoms with Gasteiger partial charge in [0, 0.05) is 18.3 Å². The minimum absolute atomic E-state index is 0.115. The Morgan fingerprint density at radius 3 is 2.38 bits per heavy atom. The van der Waals surface area contributed by atoms with E-state index in [0.29, 0.717) is 17.8 Å². The molecule has 0 spiro atoms. The van der Waals surface area contributed by atoms with Crippen LogP contribution in [0.1, 0.15) is 43.9 Å². The molecule has 0 saturated carbocycles. The van der Waals surface area contributed by atoms with Gasteiger partial charge in [0.15, 0.2) is 11.6 Å². The van der Waals surface area contributed by atoms with Crippen LogP contribution in [0.5, 0.6) is 0 Å². The van der Waals surface area contributed by atoms with Gasteiger partial charge in [0.05, 0.1) is 12.3 Å². The molecule has 6 nitrogen and oxygen atoms in total. The fourth-order valence-electron chi connectivity index (χ4n) is 2.86. The molecule has 174 valence electrons. The van der Waals surface area contributed by atoms with Crippen molar-refractivity contribution in [2.45, 2.75) is 32.7 Å². The molecule has 0 aliphatic carbocycles. The average Bonchev–Trinajstić information content (AvgIpc) is 2.69. The van der Waals surface area contributed by atoms with Crippen LogP contribution in [0, 0.1) is 17.5 Å². The van der Waals surface area contributed by atoms with Gasteiger partial charge < -0.3 is 10.6 Å². The molecule has 1 amide bonds. The van der Waals surface area contributed by atoms with Crippen LogP contribution in [0.25, 0.3) is 6.08 Å². The molecule has 0 radical (unpaired) electrons. The summed E-state index contributed by atoms with van der Waals surface area (Å²) < 4.78 is 66.2. The summed E-state index contributed by atoms with van der Waals surface area (Å²) in [6.45, 7) is 4.22.